The molecule has 0 spiro atoms. The number of fused-ring (bicyclic) bond motifs is 1. The molecule has 1 heterocycles. The van der Waals surface area contributed by atoms with Crippen LogP contribution in [0.1, 0.15) is 26.3 Å². The molecule has 6 heteroatoms. The fraction of sp³-hybridized carbons (Fsp3) is 0.533. The number of nitrogens with two attached hydrogens (primary N) is 1. The Bertz CT molecular complexity index is 506. The molecule has 1 aliphatic rings. The summed E-state index contributed by atoms with van der Waals surface area (Å²) in [4.78, 5) is 14.3. The van der Waals surface area contributed by atoms with Gasteiger partial charge in [0.2, 0.25) is 12.7 Å². The summed E-state index contributed by atoms with van der Waals surface area (Å²) in [7, 11) is 0. The fourth-order valence-corrected chi connectivity index (χ4v) is 2.10. The number of ether oxygens (including phenoxy) is 2. The standard InChI is InChI=1S/C15H22N2O3.ClH/c1-4-17(14(18)15(2,3)9-16)8-11-5-6-12-13(7-11)20-10-19-12;/h5-7H,4,8-10,16H2,1-3H3;1H. The van der Waals surface area contributed by atoms with Crippen LogP contribution >= 0.6 is 12.4 Å². The average molecular weight is 315 g/mol. The third kappa shape index (κ3) is 3.80. The number of hydrogen-bond acceptors (Lipinski definition) is 4. The van der Waals surface area contributed by atoms with Crippen molar-refractivity contribution >= 4 is 18.3 Å². The first kappa shape index (κ1) is 17.6. The van der Waals surface area contributed by atoms with Gasteiger partial charge in [0, 0.05) is 19.6 Å². The van der Waals surface area contributed by atoms with Crippen molar-refractivity contribution in [3.8, 4) is 11.5 Å². The quantitative estimate of drug-likeness (QED) is 0.904. The van der Waals surface area contributed by atoms with Crippen LogP contribution in [-0.4, -0.2) is 30.7 Å². The minimum atomic E-state index is -0.535. The van der Waals surface area contributed by atoms with Gasteiger partial charge in [-0.25, -0.2) is 0 Å². The average Bonchev–Trinajstić information content (AvgIpc) is 2.91. The molecule has 1 aromatic rings. The van der Waals surface area contributed by atoms with E-state index in [1.54, 1.807) is 0 Å². The van der Waals surface area contributed by atoms with E-state index in [1.807, 2.05) is 43.9 Å². The van der Waals surface area contributed by atoms with E-state index in [-0.39, 0.29) is 25.1 Å². The zero-order valence-corrected chi connectivity index (χ0v) is 13.5. The number of hydrogen-bond donors (Lipinski definition) is 1. The predicted molar refractivity (Wildman–Crippen MR) is 83.7 cm³/mol. The second-order valence-electron chi connectivity index (χ2n) is 5.59. The third-order valence-corrected chi connectivity index (χ3v) is 3.57. The molecule has 0 atom stereocenters. The van der Waals surface area contributed by atoms with Crippen LogP contribution in [0.15, 0.2) is 18.2 Å². The number of carbonyl (C=O) groups excluding carboxylic acids is 1. The van der Waals surface area contributed by atoms with Gasteiger partial charge in [-0.2, -0.15) is 0 Å². The van der Waals surface area contributed by atoms with Gasteiger partial charge in [-0.1, -0.05) is 6.07 Å². The number of amides is 1. The zero-order chi connectivity index (χ0) is 14.8. The molecular weight excluding hydrogens is 292 g/mol. The van der Waals surface area contributed by atoms with Gasteiger partial charge in [0.15, 0.2) is 11.5 Å². The summed E-state index contributed by atoms with van der Waals surface area (Å²) in [5.74, 6) is 1.56. The molecule has 2 N–H and O–H groups in total. The van der Waals surface area contributed by atoms with E-state index in [0.717, 1.165) is 17.1 Å². The van der Waals surface area contributed by atoms with Crippen LogP contribution in [0.2, 0.25) is 0 Å². The van der Waals surface area contributed by atoms with Crippen molar-refractivity contribution in [1.29, 1.82) is 0 Å². The van der Waals surface area contributed by atoms with E-state index >= 15 is 0 Å². The molecule has 2 rings (SSSR count). The van der Waals surface area contributed by atoms with Crippen molar-refractivity contribution in [2.75, 3.05) is 19.9 Å². The Balaban J connectivity index is 0.00000220. The van der Waals surface area contributed by atoms with Gasteiger partial charge in [0.1, 0.15) is 0 Å². The van der Waals surface area contributed by atoms with E-state index in [0.29, 0.717) is 19.6 Å². The van der Waals surface area contributed by atoms with Gasteiger partial charge in [-0.3, -0.25) is 4.79 Å². The molecule has 21 heavy (non-hydrogen) atoms. The molecule has 0 radical (unpaired) electrons. The Labute approximate surface area is 131 Å². The minimum Gasteiger partial charge on any atom is -0.454 e. The van der Waals surface area contributed by atoms with E-state index in [4.69, 9.17) is 15.2 Å². The van der Waals surface area contributed by atoms with Crippen LogP contribution < -0.4 is 15.2 Å². The monoisotopic (exact) mass is 314 g/mol. The topological polar surface area (TPSA) is 64.8 Å². The van der Waals surface area contributed by atoms with Crippen LogP contribution in [0.4, 0.5) is 0 Å². The fourth-order valence-electron chi connectivity index (χ4n) is 2.10. The summed E-state index contributed by atoms with van der Waals surface area (Å²) >= 11 is 0. The molecule has 0 fully saturated rings. The number of rotatable bonds is 5. The molecule has 0 aliphatic carbocycles. The zero-order valence-electron chi connectivity index (χ0n) is 12.7. The van der Waals surface area contributed by atoms with Gasteiger partial charge in [-0.05, 0) is 38.5 Å². The molecule has 0 saturated heterocycles. The van der Waals surface area contributed by atoms with Crippen molar-refractivity contribution in [2.45, 2.75) is 27.3 Å². The van der Waals surface area contributed by atoms with Crippen LogP contribution in [-0.2, 0) is 11.3 Å². The first-order valence-corrected chi connectivity index (χ1v) is 6.86. The molecule has 118 valence electrons. The van der Waals surface area contributed by atoms with Gasteiger partial charge in [-0.15, -0.1) is 12.4 Å². The molecule has 5 nitrogen and oxygen atoms in total. The second kappa shape index (κ2) is 7.00. The Hall–Kier alpha value is -1.46. The van der Waals surface area contributed by atoms with Crippen LogP contribution in [0, 0.1) is 5.41 Å². The summed E-state index contributed by atoms with van der Waals surface area (Å²) in [6.45, 7) is 7.51. The maximum Gasteiger partial charge on any atom is 0.231 e. The summed E-state index contributed by atoms with van der Waals surface area (Å²) in [6, 6.07) is 5.76. The lowest BCUT2D eigenvalue weighted by atomic mass is 9.91. The van der Waals surface area contributed by atoms with E-state index in [2.05, 4.69) is 0 Å². The summed E-state index contributed by atoms with van der Waals surface area (Å²) < 4.78 is 10.6. The van der Waals surface area contributed by atoms with Gasteiger partial charge < -0.3 is 20.1 Å². The lowest BCUT2D eigenvalue weighted by Gasteiger charge is -2.30. The van der Waals surface area contributed by atoms with Gasteiger partial charge in [0.25, 0.3) is 0 Å². The highest BCUT2D eigenvalue weighted by molar-refractivity contribution is 5.85. The SMILES string of the molecule is CCN(Cc1ccc2c(c1)OCO2)C(=O)C(C)(C)CN.Cl. The van der Waals surface area contributed by atoms with E-state index < -0.39 is 5.41 Å². The van der Waals surface area contributed by atoms with Gasteiger partial charge in [0.05, 0.1) is 5.41 Å². The highest BCUT2D eigenvalue weighted by atomic mass is 35.5. The van der Waals surface area contributed by atoms with Crippen molar-refractivity contribution < 1.29 is 14.3 Å². The van der Waals surface area contributed by atoms with Crippen LogP contribution in [0.25, 0.3) is 0 Å². The lowest BCUT2D eigenvalue weighted by molar-refractivity contribution is -0.140. The smallest absolute Gasteiger partial charge is 0.231 e. The van der Waals surface area contributed by atoms with Crippen LogP contribution in [0.5, 0.6) is 11.5 Å². The first-order chi connectivity index (χ1) is 9.47. The Morgan fingerprint density at radius 1 is 1.33 bits per heavy atom. The molecule has 0 aromatic heterocycles. The Kier molecular flexibility index (Phi) is 5.87. The molecule has 1 amide bonds. The summed E-state index contributed by atoms with van der Waals surface area (Å²) in [5, 5.41) is 0. The van der Waals surface area contributed by atoms with Crippen molar-refractivity contribution in [3.63, 3.8) is 0 Å². The predicted octanol–water partition coefficient (Wildman–Crippen LogP) is 2.17. The minimum absolute atomic E-state index is 0. The summed E-state index contributed by atoms with van der Waals surface area (Å²) in [5.41, 5.74) is 6.17. The Morgan fingerprint density at radius 2 is 2.00 bits per heavy atom. The third-order valence-electron chi connectivity index (χ3n) is 3.57. The number of benzene rings is 1. The summed E-state index contributed by atoms with van der Waals surface area (Å²) in [6.07, 6.45) is 0. The Morgan fingerprint density at radius 3 is 2.62 bits per heavy atom. The van der Waals surface area contributed by atoms with E-state index in [1.165, 1.54) is 0 Å². The second-order valence-corrected chi connectivity index (χ2v) is 5.59. The van der Waals surface area contributed by atoms with Gasteiger partial charge >= 0.3 is 0 Å². The normalized spacial score (nSPS) is 12.8. The van der Waals surface area contributed by atoms with Crippen molar-refractivity contribution in [3.05, 3.63) is 23.8 Å². The lowest BCUT2D eigenvalue weighted by Crippen LogP contribution is -2.44. The first-order valence-electron chi connectivity index (χ1n) is 6.86. The number of carbonyl (C=O) groups is 1. The van der Waals surface area contributed by atoms with E-state index in [9.17, 15) is 4.79 Å². The van der Waals surface area contributed by atoms with Crippen LogP contribution in [0.3, 0.4) is 0 Å². The maximum absolute atomic E-state index is 12.5. The molecule has 0 saturated carbocycles. The highest BCUT2D eigenvalue weighted by Gasteiger charge is 2.30. The molecule has 1 aromatic carbocycles. The van der Waals surface area contributed by atoms with Crippen molar-refractivity contribution in [2.24, 2.45) is 11.1 Å². The number of halogens is 1. The number of nitrogens with zero attached hydrogens (tertiary/aromatic N) is 1. The maximum atomic E-state index is 12.5. The highest BCUT2D eigenvalue weighted by Crippen LogP contribution is 2.33. The molecule has 0 bridgehead atoms. The molecular formula is C15H23ClN2O3. The van der Waals surface area contributed by atoms with Crippen molar-refractivity contribution in [1.82, 2.24) is 4.90 Å². The molecule has 0 unspecified atom stereocenters. The largest absolute Gasteiger partial charge is 0.454 e. The molecule has 1 aliphatic heterocycles.